The highest BCUT2D eigenvalue weighted by atomic mass is 32.2. The molecule has 1 aromatic heterocycles. The van der Waals surface area contributed by atoms with Crippen LogP contribution < -0.4 is 20.7 Å². The number of carbonyl (C=O) groups excluding carboxylic acids is 2. The summed E-state index contributed by atoms with van der Waals surface area (Å²) in [6.45, 7) is 0.384. The number of thioether (sulfide) groups is 1. The summed E-state index contributed by atoms with van der Waals surface area (Å²) >= 11 is 1.91. The lowest BCUT2D eigenvalue weighted by atomic mass is 10.0. The molecule has 0 aliphatic carbocycles. The molecule has 7 nitrogen and oxygen atoms in total. The minimum absolute atomic E-state index is 0.00432. The lowest BCUT2D eigenvalue weighted by Gasteiger charge is -2.16. The van der Waals surface area contributed by atoms with Crippen molar-refractivity contribution in [3.8, 4) is 5.75 Å². The number of rotatable bonds is 9. The monoisotopic (exact) mass is 426 g/mol. The molecule has 0 bridgehead atoms. The Morgan fingerprint density at radius 3 is 3.00 bits per heavy atom. The van der Waals surface area contributed by atoms with E-state index in [1.165, 1.54) is 0 Å². The number of unbranched alkanes of at least 4 members (excludes halogenated alkanes) is 1. The van der Waals surface area contributed by atoms with Crippen molar-refractivity contribution < 1.29 is 14.3 Å². The third-order valence-electron chi connectivity index (χ3n) is 5.31. The smallest absolute Gasteiger partial charge is 0.315 e. The van der Waals surface area contributed by atoms with Gasteiger partial charge in [0, 0.05) is 35.4 Å². The van der Waals surface area contributed by atoms with E-state index in [-0.39, 0.29) is 24.0 Å². The van der Waals surface area contributed by atoms with Crippen LogP contribution in [0.5, 0.6) is 5.75 Å². The Labute approximate surface area is 180 Å². The summed E-state index contributed by atoms with van der Waals surface area (Å²) in [5.41, 5.74) is 1.58. The topological polar surface area (TPSA) is 92.4 Å². The number of nitrogens with one attached hydrogen (secondary N) is 3. The van der Waals surface area contributed by atoms with Crippen LogP contribution in [0.25, 0.3) is 0 Å². The zero-order chi connectivity index (χ0) is 20.8. The van der Waals surface area contributed by atoms with Crippen molar-refractivity contribution in [3.05, 3.63) is 54.4 Å². The first-order chi connectivity index (χ1) is 14.7. The predicted molar refractivity (Wildman–Crippen MR) is 118 cm³/mol. The molecule has 2 aromatic rings. The molecule has 158 valence electrons. The van der Waals surface area contributed by atoms with E-state index in [9.17, 15) is 9.59 Å². The quantitative estimate of drug-likeness (QED) is 0.423. The second kappa shape index (κ2) is 9.84. The maximum absolute atomic E-state index is 12.3. The Bertz CT molecular complexity index is 880. The Morgan fingerprint density at radius 1 is 1.20 bits per heavy atom. The molecular weight excluding hydrogens is 400 g/mol. The van der Waals surface area contributed by atoms with Gasteiger partial charge in [0.1, 0.15) is 12.4 Å². The van der Waals surface area contributed by atoms with Gasteiger partial charge in [-0.05, 0) is 37.1 Å². The van der Waals surface area contributed by atoms with Crippen molar-refractivity contribution in [1.82, 2.24) is 15.6 Å². The van der Waals surface area contributed by atoms with Gasteiger partial charge in [-0.2, -0.15) is 11.8 Å². The third-order valence-corrected chi connectivity index (χ3v) is 6.82. The Balaban J connectivity index is 1.17. The van der Waals surface area contributed by atoms with Gasteiger partial charge in [0.25, 0.3) is 0 Å². The second-order valence-corrected chi connectivity index (χ2v) is 8.83. The van der Waals surface area contributed by atoms with Gasteiger partial charge in [-0.25, -0.2) is 4.79 Å². The molecule has 2 fully saturated rings. The number of aromatic nitrogens is 1. The average molecular weight is 427 g/mol. The largest absolute Gasteiger partial charge is 0.487 e. The number of fused-ring (bicyclic) bond motifs is 1. The molecule has 3 heterocycles. The summed E-state index contributed by atoms with van der Waals surface area (Å²) in [4.78, 5) is 28.0. The highest BCUT2D eigenvalue weighted by Gasteiger charge is 2.42. The third kappa shape index (κ3) is 5.44. The van der Waals surface area contributed by atoms with Gasteiger partial charge in [0.2, 0.25) is 5.91 Å². The minimum Gasteiger partial charge on any atom is -0.487 e. The summed E-state index contributed by atoms with van der Waals surface area (Å²) < 4.78 is 5.76. The number of amides is 3. The van der Waals surface area contributed by atoms with Crippen molar-refractivity contribution in [2.75, 3.05) is 11.1 Å². The number of hydrogen-bond acceptors (Lipinski definition) is 5. The lowest BCUT2D eigenvalue weighted by Crippen LogP contribution is -2.36. The fourth-order valence-corrected chi connectivity index (χ4v) is 5.35. The first-order valence-electron chi connectivity index (χ1n) is 10.3. The van der Waals surface area contributed by atoms with Gasteiger partial charge in [-0.15, -0.1) is 0 Å². The van der Waals surface area contributed by atoms with Crippen LogP contribution in [0.15, 0.2) is 48.7 Å². The second-order valence-electron chi connectivity index (χ2n) is 7.55. The Morgan fingerprint density at radius 2 is 2.13 bits per heavy atom. The van der Waals surface area contributed by atoms with E-state index >= 15 is 0 Å². The molecule has 3 amide bonds. The van der Waals surface area contributed by atoms with Crippen LogP contribution in [0, 0.1) is 0 Å². The van der Waals surface area contributed by atoms with E-state index in [2.05, 4.69) is 20.9 Å². The number of ether oxygens (including phenoxy) is 1. The molecule has 30 heavy (non-hydrogen) atoms. The molecule has 3 atom stereocenters. The highest BCUT2D eigenvalue weighted by molar-refractivity contribution is 8.00. The van der Waals surface area contributed by atoms with Gasteiger partial charge in [-0.3, -0.25) is 9.78 Å². The molecule has 2 aliphatic heterocycles. The lowest BCUT2D eigenvalue weighted by molar-refractivity contribution is -0.116. The summed E-state index contributed by atoms with van der Waals surface area (Å²) in [5.74, 6) is 1.66. The fraction of sp³-hybridized carbons (Fsp3) is 0.409. The van der Waals surface area contributed by atoms with Crippen molar-refractivity contribution in [2.24, 2.45) is 0 Å². The number of carbonyl (C=O) groups is 2. The Kier molecular flexibility index (Phi) is 6.74. The molecule has 2 saturated heterocycles. The minimum atomic E-state index is -0.0547. The summed E-state index contributed by atoms with van der Waals surface area (Å²) in [5, 5.41) is 9.34. The molecule has 4 rings (SSSR count). The summed E-state index contributed by atoms with van der Waals surface area (Å²) in [6, 6.07) is 13.5. The SMILES string of the molecule is O=C(CCCC[C@@H]1SC[C@@H]2NC(=O)N[C@@H]21)Nc1cccc(OCc2ccccn2)c1. The zero-order valence-electron chi connectivity index (χ0n) is 16.7. The van der Waals surface area contributed by atoms with E-state index in [4.69, 9.17) is 4.74 Å². The average Bonchev–Trinajstić information content (AvgIpc) is 3.30. The van der Waals surface area contributed by atoms with Gasteiger partial charge in [0.05, 0.1) is 17.8 Å². The molecule has 0 radical (unpaired) electrons. The van der Waals surface area contributed by atoms with Gasteiger partial charge >= 0.3 is 6.03 Å². The van der Waals surface area contributed by atoms with E-state index in [1.807, 2.05) is 54.2 Å². The van der Waals surface area contributed by atoms with Crippen molar-refractivity contribution in [3.63, 3.8) is 0 Å². The Hall–Kier alpha value is -2.74. The number of hydrogen-bond donors (Lipinski definition) is 3. The van der Waals surface area contributed by atoms with Crippen LogP contribution in [0.4, 0.5) is 10.5 Å². The van der Waals surface area contributed by atoms with Crippen molar-refractivity contribution in [1.29, 1.82) is 0 Å². The van der Waals surface area contributed by atoms with Gasteiger partial charge < -0.3 is 20.7 Å². The molecule has 8 heteroatoms. The van der Waals surface area contributed by atoms with Gasteiger partial charge in [-0.1, -0.05) is 18.6 Å². The van der Waals surface area contributed by atoms with Crippen molar-refractivity contribution in [2.45, 2.75) is 49.6 Å². The molecule has 0 unspecified atom stereocenters. The normalized spacial score (nSPS) is 22.1. The van der Waals surface area contributed by atoms with Gasteiger partial charge in [0.15, 0.2) is 0 Å². The first kappa shape index (κ1) is 20.5. The molecule has 2 aliphatic rings. The van der Waals surface area contributed by atoms with Crippen LogP contribution in [0.2, 0.25) is 0 Å². The summed E-state index contributed by atoms with van der Waals surface area (Å²) in [7, 11) is 0. The number of nitrogens with zero attached hydrogens (tertiary/aromatic N) is 1. The molecule has 3 N–H and O–H groups in total. The summed E-state index contributed by atoms with van der Waals surface area (Å²) in [6.07, 6.45) is 5.03. The zero-order valence-corrected chi connectivity index (χ0v) is 17.5. The molecule has 0 spiro atoms. The van der Waals surface area contributed by atoms with E-state index < -0.39 is 0 Å². The van der Waals surface area contributed by atoms with Crippen LogP contribution in [0.1, 0.15) is 31.4 Å². The van der Waals surface area contributed by atoms with Crippen molar-refractivity contribution >= 4 is 29.4 Å². The molecular formula is C22H26N4O3S. The van der Waals surface area contributed by atoms with Crippen LogP contribution >= 0.6 is 11.8 Å². The maximum Gasteiger partial charge on any atom is 0.315 e. The number of anilines is 1. The first-order valence-corrected chi connectivity index (χ1v) is 11.3. The fourth-order valence-electron chi connectivity index (χ4n) is 3.80. The molecule has 0 saturated carbocycles. The van der Waals surface area contributed by atoms with E-state index in [1.54, 1.807) is 6.20 Å². The van der Waals surface area contributed by atoms with Crippen LogP contribution in [-0.2, 0) is 11.4 Å². The van der Waals surface area contributed by atoms with E-state index in [0.29, 0.717) is 24.0 Å². The maximum atomic E-state index is 12.3. The number of benzene rings is 1. The standard InChI is InChI=1S/C22H26N4O3S/c27-20(10-2-1-9-19-21-18(14-30-19)25-22(28)26-21)24-15-7-5-8-17(12-15)29-13-16-6-3-4-11-23-16/h3-8,11-12,18-19,21H,1-2,9-10,13-14H2,(H,24,27)(H2,25,26,28)/t18-,19-,21-/m0/s1. The highest BCUT2D eigenvalue weighted by Crippen LogP contribution is 2.33. The van der Waals surface area contributed by atoms with Crippen LogP contribution in [0.3, 0.4) is 0 Å². The van der Waals surface area contributed by atoms with Crippen LogP contribution in [-0.4, -0.2) is 40.0 Å². The number of urea groups is 1. The molecule has 1 aromatic carbocycles. The number of pyridine rings is 1. The predicted octanol–water partition coefficient (Wildman–Crippen LogP) is 3.32. The van der Waals surface area contributed by atoms with E-state index in [0.717, 1.165) is 36.4 Å².